The Morgan fingerprint density at radius 2 is 2.00 bits per heavy atom. The zero-order valence-electron chi connectivity index (χ0n) is 9.34. The van der Waals surface area contributed by atoms with Gasteiger partial charge in [0.05, 0.1) is 10.0 Å². The Bertz CT molecular complexity index is 561. The van der Waals surface area contributed by atoms with Gasteiger partial charge >= 0.3 is 5.97 Å². The number of carbonyl (C=O) groups excluding carboxylic acids is 1. The molecule has 0 spiro atoms. The Balaban J connectivity index is 2.07. The van der Waals surface area contributed by atoms with E-state index in [1.807, 2.05) is 0 Å². The number of nitrogen functional groups attached to an aromatic ring is 1. The van der Waals surface area contributed by atoms with E-state index in [2.05, 4.69) is 25.9 Å². The van der Waals surface area contributed by atoms with Crippen LogP contribution in [0.15, 0.2) is 41.1 Å². The summed E-state index contributed by atoms with van der Waals surface area (Å²) in [5, 5.41) is 0. The summed E-state index contributed by atoms with van der Waals surface area (Å²) in [6, 6.07) is 6.71. The molecular weight excluding hydrogens is 298 g/mol. The topological polar surface area (TPSA) is 78.1 Å². The highest BCUT2D eigenvalue weighted by atomic mass is 79.9. The fourth-order valence-electron chi connectivity index (χ4n) is 1.32. The lowest BCUT2D eigenvalue weighted by molar-refractivity contribution is 0.0461. The quantitative estimate of drug-likeness (QED) is 0.694. The third-order valence-electron chi connectivity index (χ3n) is 2.20. The second kappa shape index (κ2) is 5.59. The van der Waals surface area contributed by atoms with Crippen LogP contribution in [0, 0.1) is 0 Å². The number of halogens is 1. The van der Waals surface area contributed by atoms with Crippen molar-refractivity contribution in [2.24, 2.45) is 0 Å². The molecule has 0 aliphatic heterocycles. The number of anilines is 1. The normalized spacial score (nSPS) is 10.1. The smallest absolute Gasteiger partial charge is 0.339 e. The first kappa shape index (κ1) is 12.5. The molecule has 0 fully saturated rings. The molecule has 1 aromatic heterocycles. The van der Waals surface area contributed by atoms with Gasteiger partial charge in [0.15, 0.2) is 12.4 Å². The number of benzene rings is 1. The highest BCUT2D eigenvalue weighted by molar-refractivity contribution is 9.10. The maximum absolute atomic E-state index is 11.8. The van der Waals surface area contributed by atoms with Gasteiger partial charge in [-0.25, -0.2) is 14.8 Å². The van der Waals surface area contributed by atoms with Crippen molar-refractivity contribution < 1.29 is 9.53 Å². The van der Waals surface area contributed by atoms with Crippen LogP contribution < -0.4 is 5.73 Å². The first-order valence-corrected chi connectivity index (χ1v) is 5.95. The molecule has 0 atom stereocenters. The standard InChI is InChI=1S/C12H10BrN3O2/c13-11-8(3-1-4-9(11)14)12(17)18-7-10-15-5-2-6-16-10/h1-6H,7,14H2. The van der Waals surface area contributed by atoms with E-state index < -0.39 is 5.97 Å². The SMILES string of the molecule is Nc1cccc(C(=O)OCc2ncccn2)c1Br. The molecule has 0 unspecified atom stereocenters. The molecule has 5 nitrogen and oxygen atoms in total. The van der Waals surface area contributed by atoms with Crippen molar-refractivity contribution in [3.8, 4) is 0 Å². The van der Waals surface area contributed by atoms with Crippen LogP contribution in [0.1, 0.15) is 16.2 Å². The summed E-state index contributed by atoms with van der Waals surface area (Å²) in [4.78, 5) is 19.7. The van der Waals surface area contributed by atoms with E-state index in [-0.39, 0.29) is 6.61 Å². The molecule has 1 aromatic carbocycles. The van der Waals surface area contributed by atoms with Crippen molar-refractivity contribution >= 4 is 27.6 Å². The molecule has 0 saturated heterocycles. The van der Waals surface area contributed by atoms with Gasteiger partial charge in [-0.3, -0.25) is 0 Å². The number of hydrogen-bond donors (Lipinski definition) is 1. The van der Waals surface area contributed by atoms with Crippen molar-refractivity contribution in [1.82, 2.24) is 9.97 Å². The summed E-state index contributed by atoms with van der Waals surface area (Å²) < 4.78 is 5.63. The number of nitrogens with zero attached hydrogens (tertiary/aromatic N) is 2. The van der Waals surface area contributed by atoms with E-state index >= 15 is 0 Å². The predicted molar refractivity (Wildman–Crippen MR) is 69.7 cm³/mol. The van der Waals surface area contributed by atoms with Crippen LogP contribution in [0.4, 0.5) is 5.69 Å². The van der Waals surface area contributed by atoms with Crippen LogP contribution in [0.3, 0.4) is 0 Å². The molecule has 2 rings (SSSR count). The maximum Gasteiger partial charge on any atom is 0.339 e. The monoisotopic (exact) mass is 307 g/mol. The highest BCUT2D eigenvalue weighted by Crippen LogP contribution is 2.24. The van der Waals surface area contributed by atoms with Crippen LogP contribution in [0.2, 0.25) is 0 Å². The third-order valence-corrected chi connectivity index (χ3v) is 3.09. The minimum Gasteiger partial charge on any atom is -0.454 e. The molecule has 0 aliphatic rings. The van der Waals surface area contributed by atoms with Gasteiger partial charge in [0.2, 0.25) is 0 Å². The van der Waals surface area contributed by atoms with Gasteiger partial charge in [0.1, 0.15) is 0 Å². The van der Waals surface area contributed by atoms with E-state index in [4.69, 9.17) is 10.5 Å². The van der Waals surface area contributed by atoms with E-state index in [1.54, 1.807) is 36.7 Å². The van der Waals surface area contributed by atoms with Gasteiger partial charge in [-0.1, -0.05) is 6.07 Å². The molecule has 1 heterocycles. The van der Waals surface area contributed by atoms with Crippen molar-refractivity contribution in [2.75, 3.05) is 5.73 Å². The number of hydrogen-bond acceptors (Lipinski definition) is 5. The van der Waals surface area contributed by atoms with E-state index in [0.717, 1.165) is 0 Å². The van der Waals surface area contributed by atoms with E-state index in [1.165, 1.54) is 0 Å². The lowest BCUT2D eigenvalue weighted by Gasteiger charge is -2.06. The van der Waals surface area contributed by atoms with Crippen molar-refractivity contribution in [1.29, 1.82) is 0 Å². The second-order valence-electron chi connectivity index (χ2n) is 3.45. The van der Waals surface area contributed by atoms with Gasteiger partial charge in [-0.05, 0) is 34.1 Å². The lowest BCUT2D eigenvalue weighted by atomic mass is 10.2. The van der Waals surface area contributed by atoms with Crippen molar-refractivity contribution in [3.63, 3.8) is 0 Å². The van der Waals surface area contributed by atoms with Crippen LogP contribution in [0.25, 0.3) is 0 Å². The molecule has 2 aromatic rings. The zero-order valence-corrected chi connectivity index (χ0v) is 10.9. The number of aromatic nitrogens is 2. The molecule has 0 amide bonds. The lowest BCUT2D eigenvalue weighted by Crippen LogP contribution is -2.08. The van der Waals surface area contributed by atoms with Crippen LogP contribution in [-0.2, 0) is 11.3 Å². The molecule has 18 heavy (non-hydrogen) atoms. The van der Waals surface area contributed by atoms with Crippen molar-refractivity contribution in [2.45, 2.75) is 6.61 Å². The molecule has 0 aliphatic carbocycles. The van der Waals surface area contributed by atoms with E-state index in [9.17, 15) is 4.79 Å². The van der Waals surface area contributed by atoms with Gasteiger partial charge in [-0.15, -0.1) is 0 Å². The van der Waals surface area contributed by atoms with Crippen LogP contribution >= 0.6 is 15.9 Å². The molecule has 92 valence electrons. The average molecular weight is 308 g/mol. The number of ether oxygens (including phenoxy) is 1. The number of esters is 1. The number of carbonyl (C=O) groups is 1. The fraction of sp³-hybridized carbons (Fsp3) is 0.0833. The Kier molecular flexibility index (Phi) is 3.88. The number of nitrogens with two attached hydrogens (primary N) is 1. The number of rotatable bonds is 3. The largest absolute Gasteiger partial charge is 0.454 e. The molecule has 2 N–H and O–H groups in total. The Morgan fingerprint density at radius 3 is 2.72 bits per heavy atom. The predicted octanol–water partition coefficient (Wildman–Crippen LogP) is 2.18. The summed E-state index contributed by atoms with van der Waals surface area (Å²) in [5.41, 5.74) is 6.55. The van der Waals surface area contributed by atoms with Gasteiger partial charge in [-0.2, -0.15) is 0 Å². The minimum atomic E-state index is -0.471. The van der Waals surface area contributed by atoms with E-state index in [0.29, 0.717) is 21.5 Å². The molecule has 6 heteroatoms. The Labute approximate surface area is 112 Å². The summed E-state index contributed by atoms with van der Waals surface area (Å²) in [6.07, 6.45) is 3.18. The Morgan fingerprint density at radius 1 is 1.28 bits per heavy atom. The van der Waals surface area contributed by atoms with Crippen LogP contribution in [0.5, 0.6) is 0 Å². The van der Waals surface area contributed by atoms with Crippen molar-refractivity contribution in [3.05, 3.63) is 52.5 Å². The van der Waals surface area contributed by atoms with Gasteiger partial charge in [0, 0.05) is 18.1 Å². The third kappa shape index (κ3) is 2.84. The first-order chi connectivity index (χ1) is 8.68. The summed E-state index contributed by atoms with van der Waals surface area (Å²) in [6.45, 7) is 0.0287. The summed E-state index contributed by atoms with van der Waals surface area (Å²) >= 11 is 3.25. The highest BCUT2D eigenvalue weighted by Gasteiger charge is 2.13. The molecule has 0 radical (unpaired) electrons. The zero-order chi connectivity index (χ0) is 13.0. The minimum absolute atomic E-state index is 0.0287. The fourth-order valence-corrected chi connectivity index (χ4v) is 1.75. The van der Waals surface area contributed by atoms with Gasteiger partial charge < -0.3 is 10.5 Å². The Hall–Kier alpha value is -1.95. The first-order valence-electron chi connectivity index (χ1n) is 5.15. The molecular formula is C12H10BrN3O2. The molecule has 0 bridgehead atoms. The average Bonchev–Trinajstić information content (AvgIpc) is 2.40. The van der Waals surface area contributed by atoms with Crippen LogP contribution in [-0.4, -0.2) is 15.9 Å². The summed E-state index contributed by atoms with van der Waals surface area (Å²) in [7, 11) is 0. The van der Waals surface area contributed by atoms with Gasteiger partial charge in [0.25, 0.3) is 0 Å². The molecule has 0 saturated carbocycles. The maximum atomic E-state index is 11.8. The summed E-state index contributed by atoms with van der Waals surface area (Å²) in [5.74, 6) is -0.0208. The second-order valence-corrected chi connectivity index (χ2v) is 4.24.